The number of hydrogen-bond donors (Lipinski definition) is 2. The van der Waals surface area contributed by atoms with Gasteiger partial charge in [0.2, 0.25) is 5.88 Å². The van der Waals surface area contributed by atoms with Crippen LogP contribution in [0.25, 0.3) is 11.8 Å². The number of nitrogens with one attached hydrogen (secondary N) is 1. The van der Waals surface area contributed by atoms with E-state index >= 15 is 0 Å². The quantitative estimate of drug-likeness (QED) is 0.440. The van der Waals surface area contributed by atoms with Gasteiger partial charge in [-0.2, -0.15) is 10.1 Å². The summed E-state index contributed by atoms with van der Waals surface area (Å²) in [6, 6.07) is 16.3. The number of carbonyl (C=O) groups excluding carboxylic acids is 1. The van der Waals surface area contributed by atoms with Gasteiger partial charge in [0.25, 0.3) is 11.5 Å². The molecule has 0 atom stereocenters. The van der Waals surface area contributed by atoms with Crippen molar-refractivity contribution in [1.82, 2.24) is 9.78 Å². The summed E-state index contributed by atoms with van der Waals surface area (Å²) < 4.78 is 2.31. The second-order valence-corrected chi connectivity index (χ2v) is 7.43. The molecule has 8 heteroatoms. The highest BCUT2D eigenvalue weighted by Gasteiger charge is 2.29. The van der Waals surface area contributed by atoms with Crippen LogP contribution in [0.1, 0.15) is 12.5 Å². The van der Waals surface area contributed by atoms with E-state index in [-0.39, 0.29) is 22.9 Å². The molecule has 3 aromatic rings. The Bertz CT molecular complexity index is 1170. The van der Waals surface area contributed by atoms with Crippen molar-refractivity contribution in [3.05, 3.63) is 79.7 Å². The highest BCUT2D eigenvalue weighted by molar-refractivity contribution is 14.1. The lowest BCUT2D eigenvalue weighted by Crippen LogP contribution is -2.21. The largest absolute Gasteiger partial charge is 0.493 e. The van der Waals surface area contributed by atoms with E-state index in [0.29, 0.717) is 17.1 Å². The molecule has 0 saturated carbocycles. The number of hydrazone groups is 1. The lowest BCUT2D eigenvalue weighted by molar-refractivity contribution is -0.114. The molecule has 2 N–H and O–H groups in total. The van der Waals surface area contributed by atoms with Crippen molar-refractivity contribution in [3.63, 3.8) is 0 Å². The number of halogens is 1. The first-order valence-electron chi connectivity index (χ1n) is 8.42. The van der Waals surface area contributed by atoms with Gasteiger partial charge in [0, 0.05) is 3.57 Å². The molecule has 0 unspecified atom stereocenters. The summed E-state index contributed by atoms with van der Waals surface area (Å²) in [6.07, 6.45) is 1.38. The van der Waals surface area contributed by atoms with Crippen LogP contribution in [-0.2, 0) is 4.79 Å². The topological polar surface area (TPSA) is 90.7 Å². The zero-order valence-corrected chi connectivity index (χ0v) is 16.9. The number of aromatic amines is 1. The molecule has 1 aromatic heterocycles. The molecule has 28 heavy (non-hydrogen) atoms. The molecule has 0 aliphatic carbocycles. The Balaban J connectivity index is 1.74. The normalized spacial score (nSPS) is 15.4. The molecule has 0 radical (unpaired) electrons. The van der Waals surface area contributed by atoms with E-state index in [0.717, 1.165) is 3.57 Å². The Morgan fingerprint density at radius 1 is 1.04 bits per heavy atom. The maximum absolute atomic E-state index is 12.8. The van der Waals surface area contributed by atoms with Crippen molar-refractivity contribution in [2.75, 3.05) is 5.01 Å². The average molecular weight is 486 g/mol. The van der Waals surface area contributed by atoms with Crippen LogP contribution in [0.2, 0.25) is 0 Å². The summed E-state index contributed by atoms with van der Waals surface area (Å²) in [5, 5.41) is 18.7. The van der Waals surface area contributed by atoms with Crippen LogP contribution >= 0.6 is 22.6 Å². The fraction of sp³-hybridized carbons (Fsp3) is 0.0500. The smallest absolute Gasteiger partial charge is 0.280 e. The van der Waals surface area contributed by atoms with Crippen LogP contribution in [0.15, 0.2) is 70.1 Å². The third kappa shape index (κ3) is 3.15. The first kappa shape index (κ1) is 18.2. The monoisotopic (exact) mass is 486 g/mol. The molecule has 0 saturated heterocycles. The van der Waals surface area contributed by atoms with E-state index < -0.39 is 5.56 Å². The van der Waals surface area contributed by atoms with Gasteiger partial charge < -0.3 is 5.11 Å². The van der Waals surface area contributed by atoms with Gasteiger partial charge >= 0.3 is 0 Å². The maximum Gasteiger partial charge on any atom is 0.280 e. The van der Waals surface area contributed by atoms with E-state index in [4.69, 9.17) is 0 Å². The van der Waals surface area contributed by atoms with E-state index in [2.05, 4.69) is 32.8 Å². The standard InChI is InChI=1S/C20H15IN4O3/c1-12-16(19(27)24(22-12)14-5-3-2-4-6-14)11-17-18(26)23-25(20(17)28)15-9-7-13(21)8-10-15/h2-11,28H,1H3,(H,23,26). The van der Waals surface area contributed by atoms with Gasteiger partial charge in [-0.15, -0.1) is 0 Å². The Morgan fingerprint density at radius 2 is 1.71 bits per heavy atom. The number of rotatable bonds is 3. The number of aromatic hydroxyl groups is 1. The van der Waals surface area contributed by atoms with Crippen molar-refractivity contribution in [2.24, 2.45) is 5.10 Å². The van der Waals surface area contributed by atoms with Gasteiger partial charge in [-0.3, -0.25) is 14.7 Å². The molecule has 0 fully saturated rings. The Kier molecular flexibility index (Phi) is 4.63. The average Bonchev–Trinajstić information content (AvgIpc) is 3.14. The fourth-order valence-corrected chi connectivity index (χ4v) is 3.28. The number of aromatic nitrogens is 2. The first-order chi connectivity index (χ1) is 13.5. The molecule has 1 aliphatic heterocycles. The number of hydrogen-bond acceptors (Lipinski definition) is 4. The SMILES string of the molecule is CC1=NN(c2ccccc2)C(=O)C1=Cc1c(O)n(-c2ccc(I)cc2)[nH]c1=O. The van der Waals surface area contributed by atoms with Crippen LogP contribution in [0, 0.1) is 3.57 Å². The third-order valence-corrected chi connectivity index (χ3v) is 5.07. The van der Waals surface area contributed by atoms with Gasteiger partial charge in [-0.25, -0.2) is 4.68 Å². The third-order valence-electron chi connectivity index (χ3n) is 4.35. The van der Waals surface area contributed by atoms with E-state index in [1.54, 1.807) is 31.2 Å². The summed E-state index contributed by atoms with van der Waals surface area (Å²) in [4.78, 5) is 25.2. The number of carbonyl (C=O) groups is 1. The van der Waals surface area contributed by atoms with Crippen molar-refractivity contribution >= 4 is 46.0 Å². The van der Waals surface area contributed by atoms with Gasteiger partial charge in [0.15, 0.2) is 0 Å². The number of para-hydroxylation sites is 1. The predicted molar refractivity (Wildman–Crippen MR) is 116 cm³/mol. The molecule has 0 spiro atoms. The number of nitrogens with zero attached hydrogens (tertiary/aromatic N) is 3. The number of anilines is 1. The summed E-state index contributed by atoms with van der Waals surface area (Å²) in [6.45, 7) is 1.69. The van der Waals surface area contributed by atoms with Crippen LogP contribution in [-0.4, -0.2) is 26.5 Å². The van der Waals surface area contributed by atoms with E-state index in [1.807, 2.05) is 30.3 Å². The van der Waals surface area contributed by atoms with E-state index in [9.17, 15) is 14.7 Å². The van der Waals surface area contributed by atoms with E-state index in [1.165, 1.54) is 15.8 Å². The minimum Gasteiger partial charge on any atom is -0.493 e. The first-order valence-corrected chi connectivity index (χ1v) is 9.50. The van der Waals surface area contributed by atoms with Gasteiger partial charge in [-0.1, -0.05) is 18.2 Å². The van der Waals surface area contributed by atoms with Crippen LogP contribution in [0.4, 0.5) is 5.69 Å². The molecular formula is C20H15IN4O3. The van der Waals surface area contributed by atoms with Crippen molar-refractivity contribution in [1.29, 1.82) is 0 Å². The van der Waals surface area contributed by atoms with Crippen molar-refractivity contribution in [3.8, 4) is 11.6 Å². The van der Waals surface area contributed by atoms with Crippen LogP contribution in [0.5, 0.6) is 5.88 Å². The minimum absolute atomic E-state index is 0.00589. The zero-order chi connectivity index (χ0) is 19.8. The lowest BCUT2D eigenvalue weighted by Gasteiger charge is -2.10. The molecule has 140 valence electrons. The number of H-pyrrole nitrogens is 1. The van der Waals surface area contributed by atoms with Crippen molar-refractivity contribution in [2.45, 2.75) is 6.92 Å². The van der Waals surface area contributed by atoms with Gasteiger partial charge in [-0.05, 0) is 72.0 Å². The predicted octanol–water partition coefficient (Wildman–Crippen LogP) is 3.28. The molecule has 7 nitrogen and oxygen atoms in total. The number of benzene rings is 2. The molecular weight excluding hydrogens is 471 g/mol. The highest BCUT2D eigenvalue weighted by atomic mass is 127. The highest BCUT2D eigenvalue weighted by Crippen LogP contribution is 2.27. The summed E-state index contributed by atoms with van der Waals surface area (Å²) >= 11 is 2.17. The minimum atomic E-state index is -0.498. The van der Waals surface area contributed by atoms with Crippen molar-refractivity contribution < 1.29 is 9.90 Å². The summed E-state index contributed by atoms with van der Waals surface area (Å²) in [5.74, 6) is -0.623. The summed E-state index contributed by atoms with van der Waals surface area (Å²) in [7, 11) is 0. The Labute approximate surface area is 173 Å². The molecule has 4 rings (SSSR count). The molecule has 2 aromatic carbocycles. The Morgan fingerprint density at radius 3 is 2.39 bits per heavy atom. The van der Waals surface area contributed by atoms with Gasteiger partial charge in [0.1, 0.15) is 5.56 Å². The number of amides is 1. The van der Waals surface area contributed by atoms with Crippen LogP contribution < -0.4 is 10.6 Å². The zero-order valence-electron chi connectivity index (χ0n) is 14.8. The van der Waals surface area contributed by atoms with Crippen LogP contribution in [0.3, 0.4) is 0 Å². The molecule has 1 aliphatic rings. The molecule has 1 amide bonds. The molecule has 2 heterocycles. The second kappa shape index (κ2) is 7.12. The lowest BCUT2D eigenvalue weighted by atomic mass is 10.1. The Hall–Kier alpha value is -3.14. The van der Waals surface area contributed by atoms with Gasteiger partial charge in [0.05, 0.1) is 22.7 Å². The molecule has 0 bridgehead atoms. The maximum atomic E-state index is 12.8. The summed E-state index contributed by atoms with van der Waals surface area (Å²) in [5.41, 5.74) is 1.46. The fourth-order valence-electron chi connectivity index (χ4n) is 2.92. The second-order valence-electron chi connectivity index (χ2n) is 6.19.